The van der Waals surface area contributed by atoms with Crippen LogP contribution in [-0.2, 0) is 9.59 Å². The van der Waals surface area contributed by atoms with E-state index in [2.05, 4.69) is 11.8 Å². The minimum atomic E-state index is -0.215. The first-order valence-electron chi connectivity index (χ1n) is 10.3. The molecule has 2 amide bonds. The molecular formula is C22H30N2O3. The van der Waals surface area contributed by atoms with Gasteiger partial charge in [-0.25, -0.2) is 0 Å². The first kappa shape index (κ1) is 18.3. The number of nitrogens with zero attached hydrogens (tertiary/aromatic N) is 2. The van der Waals surface area contributed by atoms with E-state index in [0.29, 0.717) is 30.8 Å². The zero-order chi connectivity index (χ0) is 19.0. The largest absolute Gasteiger partial charge is 0.497 e. The number of piperidine rings is 1. The number of benzene rings is 1. The van der Waals surface area contributed by atoms with E-state index in [1.807, 2.05) is 24.3 Å². The first-order chi connectivity index (χ1) is 13.1. The fourth-order valence-corrected chi connectivity index (χ4v) is 5.43. The zero-order valence-electron chi connectivity index (χ0n) is 16.4. The highest BCUT2D eigenvalue weighted by Gasteiger charge is 2.44. The van der Waals surface area contributed by atoms with Crippen molar-refractivity contribution in [1.82, 2.24) is 4.90 Å². The minimum Gasteiger partial charge on any atom is -0.497 e. The van der Waals surface area contributed by atoms with E-state index in [1.165, 1.54) is 25.7 Å². The fraction of sp³-hybridized carbons (Fsp3) is 0.636. The van der Waals surface area contributed by atoms with Crippen LogP contribution >= 0.6 is 0 Å². The van der Waals surface area contributed by atoms with Gasteiger partial charge in [0.15, 0.2) is 0 Å². The van der Waals surface area contributed by atoms with Gasteiger partial charge in [0.1, 0.15) is 5.75 Å². The smallest absolute Gasteiger partial charge is 0.228 e. The number of carbonyl (C=O) groups is 2. The van der Waals surface area contributed by atoms with Crippen molar-refractivity contribution < 1.29 is 14.3 Å². The van der Waals surface area contributed by atoms with Crippen molar-refractivity contribution in [2.24, 2.45) is 17.8 Å². The lowest BCUT2D eigenvalue weighted by atomic mass is 9.72. The lowest BCUT2D eigenvalue weighted by molar-refractivity contribution is -0.143. The van der Waals surface area contributed by atoms with Crippen LogP contribution in [-0.4, -0.2) is 43.0 Å². The monoisotopic (exact) mass is 370 g/mol. The molecule has 2 heterocycles. The molecule has 27 heavy (non-hydrogen) atoms. The number of hydrogen-bond acceptors (Lipinski definition) is 3. The van der Waals surface area contributed by atoms with Crippen LogP contribution in [0.5, 0.6) is 5.75 Å². The predicted octanol–water partition coefficient (Wildman–Crippen LogP) is 3.48. The van der Waals surface area contributed by atoms with Crippen LogP contribution in [0.1, 0.15) is 45.4 Å². The van der Waals surface area contributed by atoms with Gasteiger partial charge in [-0.05, 0) is 61.8 Å². The third-order valence-corrected chi connectivity index (χ3v) is 6.78. The molecule has 1 saturated carbocycles. The van der Waals surface area contributed by atoms with Crippen LogP contribution in [0.2, 0.25) is 0 Å². The van der Waals surface area contributed by atoms with Gasteiger partial charge >= 0.3 is 0 Å². The van der Waals surface area contributed by atoms with Gasteiger partial charge < -0.3 is 14.5 Å². The Labute approximate surface area is 161 Å². The van der Waals surface area contributed by atoms with Crippen molar-refractivity contribution in [2.45, 2.75) is 51.5 Å². The molecule has 3 aliphatic rings. The van der Waals surface area contributed by atoms with Crippen LogP contribution < -0.4 is 9.64 Å². The van der Waals surface area contributed by atoms with Gasteiger partial charge in [0.2, 0.25) is 11.8 Å². The summed E-state index contributed by atoms with van der Waals surface area (Å²) < 4.78 is 5.19. The molecular weight excluding hydrogens is 340 g/mol. The Balaban J connectivity index is 1.48. The summed E-state index contributed by atoms with van der Waals surface area (Å²) >= 11 is 0. The van der Waals surface area contributed by atoms with Gasteiger partial charge in [-0.15, -0.1) is 0 Å². The molecule has 0 N–H and O–H groups in total. The molecule has 1 aliphatic carbocycles. The van der Waals surface area contributed by atoms with Gasteiger partial charge in [-0.2, -0.15) is 0 Å². The number of amides is 2. The van der Waals surface area contributed by atoms with Crippen molar-refractivity contribution in [3.63, 3.8) is 0 Å². The molecule has 1 aromatic carbocycles. The van der Waals surface area contributed by atoms with E-state index in [-0.39, 0.29) is 17.7 Å². The normalized spacial score (nSPS) is 31.0. The van der Waals surface area contributed by atoms with Crippen LogP contribution in [0.25, 0.3) is 0 Å². The molecule has 1 aromatic rings. The Kier molecular flexibility index (Phi) is 5.11. The molecule has 5 heteroatoms. The highest BCUT2D eigenvalue weighted by molar-refractivity contribution is 6.00. The summed E-state index contributed by atoms with van der Waals surface area (Å²) in [7, 11) is 1.63. The molecule has 4 atom stereocenters. The number of rotatable bonds is 3. The van der Waals surface area contributed by atoms with E-state index in [0.717, 1.165) is 24.4 Å². The predicted molar refractivity (Wildman–Crippen MR) is 105 cm³/mol. The summed E-state index contributed by atoms with van der Waals surface area (Å²) in [6, 6.07) is 7.88. The maximum atomic E-state index is 13.4. The number of fused-ring (bicyclic) bond motifs is 1. The van der Waals surface area contributed by atoms with E-state index < -0.39 is 0 Å². The van der Waals surface area contributed by atoms with E-state index in [4.69, 9.17) is 4.74 Å². The summed E-state index contributed by atoms with van der Waals surface area (Å²) in [4.78, 5) is 29.9. The fourth-order valence-electron chi connectivity index (χ4n) is 5.43. The SMILES string of the molecule is COc1ccc(N2C[C@H](C(=O)N3CCC[C@@H]4CCC[C@@H](C)[C@H]43)CC2=O)cc1. The Morgan fingerprint density at radius 2 is 1.85 bits per heavy atom. The first-order valence-corrected chi connectivity index (χ1v) is 10.3. The third-order valence-electron chi connectivity index (χ3n) is 6.78. The molecule has 0 radical (unpaired) electrons. The van der Waals surface area contributed by atoms with Crippen LogP contribution in [0.3, 0.4) is 0 Å². The Morgan fingerprint density at radius 3 is 2.59 bits per heavy atom. The minimum absolute atomic E-state index is 0.0452. The quantitative estimate of drug-likeness (QED) is 0.819. The lowest BCUT2D eigenvalue weighted by Gasteiger charge is -2.48. The zero-order valence-corrected chi connectivity index (χ0v) is 16.4. The van der Waals surface area contributed by atoms with Crippen molar-refractivity contribution in [2.75, 3.05) is 25.1 Å². The topological polar surface area (TPSA) is 49.9 Å². The molecule has 146 valence electrons. The number of likely N-dealkylation sites (tertiary alicyclic amines) is 1. The number of hydrogen-bond donors (Lipinski definition) is 0. The molecule has 0 aromatic heterocycles. The summed E-state index contributed by atoms with van der Waals surface area (Å²) in [6.45, 7) is 3.65. The number of carbonyl (C=O) groups excluding carboxylic acids is 2. The van der Waals surface area contributed by atoms with Gasteiger partial charge in [0, 0.05) is 31.2 Å². The van der Waals surface area contributed by atoms with Crippen molar-refractivity contribution in [1.29, 1.82) is 0 Å². The van der Waals surface area contributed by atoms with Crippen LogP contribution in [0.15, 0.2) is 24.3 Å². The van der Waals surface area contributed by atoms with Gasteiger partial charge in [0.05, 0.1) is 13.0 Å². The highest BCUT2D eigenvalue weighted by atomic mass is 16.5. The highest BCUT2D eigenvalue weighted by Crippen LogP contribution is 2.40. The molecule has 0 bridgehead atoms. The molecule has 5 nitrogen and oxygen atoms in total. The second kappa shape index (κ2) is 7.53. The molecule has 4 rings (SSSR count). The molecule has 0 unspecified atom stereocenters. The summed E-state index contributed by atoms with van der Waals surface area (Å²) in [5, 5.41) is 0. The number of methoxy groups -OCH3 is 1. The Morgan fingerprint density at radius 1 is 1.11 bits per heavy atom. The maximum Gasteiger partial charge on any atom is 0.228 e. The Bertz CT molecular complexity index is 700. The van der Waals surface area contributed by atoms with Gasteiger partial charge in [0.25, 0.3) is 0 Å². The van der Waals surface area contributed by atoms with Crippen LogP contribution in [0.4, 0.5) is 5.69 Å². The second-order valence-electron chi connectivity index (χ2n) is 8.44. The van der Waals surface area contributed by atoms with Crippen LogP contribution in [0, 0.1) is 17.8 Å². The van der Waals surface area contributed by atoms with Crippen molar-refractivity contribution >= 4 is 17.5 Å². The number of ether oxygens (including phenoxy) is 1. The average molecular weight is 370 g/mol. The molecule has 2 aliphatic heterocycles. The standard InChI is InChI=1S/C22H30N2O3/c1-15-5-3-6-16-7-4-12-23(21(15)16)22(26)17-13-20(25)24(14-17)18-8-10-19(27-2)11-9-18/h8-11,15-17,21H,3-7,12-14H2,1-2H3/t15-,16+,17-,21-/m1/s1. The number of anilines is 1. The Hall–Kier alpha value is -2.04. The second-order valence-corrected chi connectivity index (χ2v) is 8.44. The molecule has 2 saturated heterocycles. The van der Waals surface area contributed by atoms with E-state index in [1.54, 1.807) is 12.0 Å². The van der Waals surface area contributed by atoms with Crippen molar-refractivity contribution in [3.05, 3.63) is 24.3 Å². The van der Waals surface area contributed by atoms with Gasteiger partial charge in [-0.3, -0.25) is 9.59 Å². The van der Waals surface area contributed by atoms with E-state index >= 15 is 0 Å². The summed E-state index contributed by atoms with van der Waals surface area (Å²) in [6.07, 6.45) is 6.43. The average Bonchev–Trinajstić information content (AvgIpc) is 3.09. The maximum absolute atomic E-state index is 13.4. The third kappa shape index (κ3) is 3.44. The van der Waals surface area contributed by atoms with E-state index in [9.17, 15) is 9.59 Å². The van der Waals surface area contributed by atoms with Crippen molar-refractivity contribution in [3.8, 4) is 5.75 Å². The summed E-state index contributed by atoms with van der Waals surface area (Å²) in [5.74, 6) is 2.02. The summed E-state index contributed by atoms with van der Waals surface area (Å²) in [5.41, 5.74) is 0.846. The van der Waals surface area contributed by atoms with Gasteiger partial charge in [-0.1, -0.05) is 13.3 Å². The molecule has 3 fully saturated rings. The molecule has 0 spiro atoms. The lowest BCUT2D eigenvalue weighted by Crippen LogP contribution is -2.54.